The van der Waals surface area contributed by atoms with Crippen LogP contribution in [0, 0.1) is 11.3 Å². The molecule has 0 unspecified atom stereocenters. The van der Waals surface area contributed by atoms with Gasteiger partial charge in [0.15, 0.2) is 11.5 Å². The Morgan fingerprint density at radius 1 is 1.43 bits per heavy atom. The molecule has 1 heterocycles. The van der Waals surface area contributed by atoms with Crippen LogP contribution in [-0.2, 0) is 0 Å². The number of para-hydroxylation sites is 1. The number of nitrogens with zero attached hydrogens (tertiary/aromatic N) is 2. The topological polar surface area (TPSA) is 121 Å². The van der Waals surface area contributed by atoms with Gasteiger partial charge in [0, 0.05) is 0 Å². The smallest absolute Gasteiger partial charge is 0.354 e. The van der Waals surface area contributed by atoms with Crippen LogP contribution in [0.2, 0.25) is 0 Å². The summed E-state index contributed by atoms with van der Waals surface area (Å²) in [6.07, 6.45) is 0. The molecule has 2 rings (SSSR count). The van der Waals surface area contributed by atoms with E-state index in [1.807, 2.05) is 6.07 Å². The van der Waals surface area contributed by atoms with Crippen LogP contribution in [0.5, 0.6) is 5.75 Å². The van der Waals surface area contributed by atoms with Gasteiger partial charge < -0.3 is 20.9 Å². The molecule has 0 saturated heterocycles. The van der Waals surface area contributed by atoms with Gasteiger partial charge in [0.1, 0.15) is 17.5 Å². The lowest BCUT2D eigenvalue weighted by atomic mass is 10.1. The molecule has 0 saturated carbocycles. The van der Waals surface area contributed by atoms with E-state index in [1.54, 1.807) is 18.2 Å². The van der Waals surface area contributed by atoms with Crippen molar-refractivity contribution in [1.29, 1.82) is 5.26 Å². The molecule has 0 spiro atoms. The average molecular weight is 284 g/mol. The second-order valence-electron chi connectivity index (χ2n) is 4.06. The molecule has 0 atom stereocenters. The number of benzene rings is 1. The number of pyridine rings is 1. The predicted octanol–water partition coefficient (Wildman–Crippen LogP) is 1.99. The SMILES string of the molecule is COc1cccc(C#N)c1Nc1nc(C(=O)O)ccc1N. The fourth-order valence-electron chi connectivity index (χ4n) is 1.73. The quantitative estimate of drug-likeness (QED) is 0.784. The number of nitriles is 1. The first kappa shape index (κ1) is 14.1. The summed E-state index contributed by atoms with van der Waals surface area (Å²) in [5.41, 5.74) is 6.59. The van der Waals surface area contributed by atoms with Crippen molar-refractivity contribution >= 4 is 23.2 Å². The van der Waals surface area contributed by atoms with E-state index < -0.39 is 5.97 Å². The Kier molecular flexibility index (Phi) is 3.90. The van der Waals surface area contributed by atoms with E-state index in [0.717, 1.165) is 0 Å². The first-order valence-electron chi connectivity index (χ1n) is 5.90. The highest BCUT2D eigenvalue weighted by molar-refractivity contribution is 5.87. The maximum absolute atomic E-state index is 11.0. The monoisotopic (exact) mass is 284 g/mol. The molecular weight excluding hydrogens is 272 g/mol. The Morgan fingerprint density at radius 2 is 2.19 bits per heavy atom. The number of aromatic carboxylic acids is 1. The maximum atomic E-state index is 11.0. The van der Waals surface area contributed by atoms with E-state index in [-0.39, 0.29) is 17.2 Å². The standard InChI is InChI=1S/C14H12N4O3/c1-21-11-4-2-3-8(7-15)12(11)18-13-9(16)5-6-10(17-13)14(19)20/h2-6H,16H2,1H3,(H,17,18)(H,19,20). The molecule has 7 nitrogen and oxygen atoms in total. The minimum Gasteiger partial charge on any atom is -0.495 e. The zero-order chi connectivity index (χ0) is 15.4. The van der Waals surface area contributed by atoms with E-state index in [2.05, 4.69) is 10.3 Å². The average Bonchev–Trinajstić information content (AvgIpc) is 2.49. The van der Waals surface area contributed by atoms with Crippen LogP contribution >= 0.6 is 0 Å². The molecule has 7 heteroatoms. The summed E-state index contributed by atoms with van der Waals surface area (Å²) in [6, 6.07) is 9.69. The van der Waals surface area contributed by atoms with Gasteiger partial charge in [-0.15, -0.1) is 0 Å². The molecule has 1 aromatic heterocycles. The Balaban J connectivity index is 2.50. The fourth-order valence-corrected chi connectivity index (χ4v) is 1.73. The lowest BCUT2D eigenvalue weighted by Gasteiger charge is -2.13. The summed E-state index contributed by atoms with van der Waals surface area (Å²) in [7, 11) is 1.46. The van der Waals surface area contributed by atoms with Gasteiger partial charge in [0.25, 0.3) is 0 Å². The number of aromatic nitrogens is 1. The molecule has 21 heavy (non-hydrogen) atoms. The van der Waals surface area contributed by atoms with Gasteiger partial charge in [0.2, 0.25) is 0 Å². The molecule has 0 bridgehead atoms. The predicted molar refractivity (Wildman–Crippen MR) is 76.6 cm³/mol. The summed E-state index contributed by atoms with van der Waals surface area (Å²) < 4.78 is 5.18. The van der Waals surface area contributed by atoms with Crippen LogP contribution in [-0.4, -0.2) is 23.2 Å². The summed E-state index contributed by atoms with van der Waals surface area (Å²) in [5.74, 6) is -0.592. The van der Waals surface area contributed by atoms with Gasteiger partial charge in [0.05, 0.1) is 18.4 Å². The Hall–Kier alpha value is -3.27. The van der Waals surface area contributed by atoms with Crippen molar-refractivity contribution in [2.75, 3.05) is 18.2 Å². The molecule has 4 N–H and O–H groups in total. The van der Waals surface area contributed by atoms with Crippen molar-refractivity contribution < 1.29 is 14.6 Å². The van der Waals surface area contributed by atoms with Crippen LogP contribution in [0.1, 0.15) is 16.1 Å². The second kappa shape index (κ2) is 5.79. The van der Waals surface area contributed by atoms with Gasteiger partial charge in [-0.05, 0) is 24.3 Å². The lowest BCUT2D eigenvalue weighted by Crippen LogP contribution is -2.07. The van der Waals surface area contributed by atoms with Gasteiger partial charge in [-0.1, -0.05) is 6.07 Å². The van der Waals surface area contributed by atoms with Crippen molar-refractivity contribution in [1.82, 2.24) is 4.98 Å². The van der Waals surface area contributed by atoms with E-state index in [9.17, 15) is 4.79 Å². The van der Waals surface area contributed by atoms with E-state index in [0.29, 0.717) is 17.0 Å². The van der Waals surface area contributed by atoms with Gasteiger partial charge in [-0.25, -0.2) is 9.78 Å². The number of carboxylic acid groups (broad SMARTS) is 1. The number of ether oxygens (including phenoxy) is 1. The van der Waals surface area contributed by atoms with Crippen LogP contribution in [0.4, 0.5) is 17.2 Å². The third-order valence-electron chi connectivity index (χ3n) is 2.76. The Bertz CT molecular complexity index is 737. The van der Waals surface area contributed by atoms with Crippen LogP contribution in [0.15, 0.2) is 30.3 Å². The number of anilines is 3. The summed E-state index contributed by atoms with van der Waals surface area (Å²) >= 11 is 0. The molecule has 0 aliphatic heterocycles. The molecule has 0 radical (unpaired) electrons. The number of hydrogen-bond acceptors (Lipinski definition) is 6. The lowest BCUT2D eigenvalue weighted by molar-refractivity contribution is 0.0690. The molecule has 1 aromatic carbocycles. The molecule has 2 aromatic rings. The van der Waals surface area contributed by atoms with E-state index in [1.165, 1.54) is 19.2 Å². The highest BCUT2D eigenvalue weighted by atomic mass is 16.5. The third-order valence-corrected chi connectivity index (χ3v) is 2.76. The molecule has 106 valence electrons. The highest BCUT2D eigenvalue weighted by Crippen LogP contribution is 2.32. The van der Waals surface area contributed by atoms with Gasteiger partial charge in [-0.3, -0.25) is 0 Å². The van der Waals surface area contributed by atoms with Crippen molar-refractivity contribution in [2.45, 2.75) is 0 Å². The number of methoxy groups -OCH3 is 1. The third kappa shape index (κ3) is 2.84. The fraction of sp³-hybridized carbons (Fsp3) is 0.0714. The maximum Gasteiger partial charge on any atom is 0.354 e. The number of nitrogen functional groups attached to an aromatic ring is 1. The van der Waals surface area contributed by atoms with Crippen molar-refractivity contribution in [3.05, 3.63) is 41.6 Å². The van der Waals surface area contributed by atoms with Crippen LogP contribution < -0.4 is 15.8 Å². The molecular formula is C14H12N4O3. The highest BCUT2D eigenvalue weighted by Gasteiger charge is 2.13. The zero-order valence-corrected chi connectivity index (χ0v) is 11.1. The molecule has 0 amide bonds. The number of carboxylic acids is 1. The van der Waals surface area contributed by atoms with E-state index >= 15 is 0 Å². The van der Waals surface area contributed by atoms with Crippen LogP contribution in [0.25, 0.3) is 0 Å². The van der Waals surface area contributed by atoms with E-state index in [4.69, 9.17) is 20.8 Å². The number of hydrogen-bond donors (Lipinski definition) is 3. The normalized spacial score (nSPS) is 9.71. The molecule has 0 aliphatic rings. The van der Waals surface area contributed by atoms with Crippen molar-refractivity contribution in [3.8, 4) is 11.8 Å². The minimum absolute atomic E-state index is 0.149. The summed E-state index contributed by atoms with van der Waals surface area (Å²) in [4.78, 5) is 14.9. The number of nitrogens with one attached hydrogen (secondary N) is 1. The van der Waals surface area contributed by atoms with Crippen molar-refractivity contribution in [3.63, 3.8) is 0 Å². The number of nitrogens with two attached hydrogens (primary N) is 1. The Labute approximate surface area is 120 Å². The summed E-state index contributed by atoms with van der Waals surface area (Å²) in [6.45, 7) is 0. The van der Waals surface area contributed by atoms with Gasteiger partial charge in [-0.2, -0.15) is 5.26 Å². The molecule has 0 aliphatic carbocycles. The zero-order valence-electron chi connectivity index (χ0n) is 11.1. The number of carbonyl (C=O) groups is 1. The second-order valence-corrected chi connectivity index (χ2v) is 4.06. The summed E-state index contributed by atoms with van der Waals surface area (Å²) in [5, 5.41) is 21.0. The Morgan fingerprint density at radius 3 is 2.81 bits per heavy atom. The largest absolute Gasteiger partial charge is 0.495 e. The van der Waals surface area contributed by atoms with Crippen LogP contribution in [0.3, 0.4) is 0 Å². The van der Waals surface area contributed by atoms with Crippen molar-refractivity contribution in [2.24, 2.45) is 0 Å². The van der Waals surface area contributed by atoms with Gasteiger partial charge >= 0.3 is 5.97 Å². The first-order chi connectivity index (χ1) is 10.1. The number of rotatable bonds is 4. The minimum atomic E-state index is -1.17. The molecule has 0 fully saturated rings. The first-order valence-corrected chi connectivity index (χ1v) is 5.90.